The van der Waals surface area contributed by atoms with E-state index < -0.39 is 0 Å². The second kappa shape index (κ2) is 5.13. The average molecular weight is 135 g/mol. The van der Waals surface area contributed by atoms with Gasteiger partial charge in [0.15, 0.2) is 0 Å². The van der Waals surface area contributed by atoms with Gasteiger partial charge in [-0.15, -0.1) is 0 Å². The fourth-order valence-corrected chi connectivity index (χ4v) is 0.355. The molecule has 0 aromatic heterocycles. The first-order chi connectivity index (χ1) is 3.77. The Hall–Kier alpha value is -0.0100. The lowest BCUT2D eigenvalue weighted by Crippen LogP contribution is -1.87. The van der Waals surface area contributed by atoms with Crippen LogP contribution in [0.15, 0.2) is 11.1 Å². The van der Waals surface area contributed by atoms with Gasteiger partial charge < -0.3 is 4.74 Å². The van der Waals surface area contributed by atoms with Crippen LogP contribution in [0, 0.1) is 0 Å². The minimum Gasteiger partial charge on any atom is -0.378 e. The monoisotopic (exact) mass is 134 g/mol. The van der Waals surface area contributed by atoms with Crippen molar-refractivity contribution in [1.82, 2.24) is 0 Å². The van der Waals surface area contributed by atoms with Gasteiger partial charge in [-0.1, -0.05) is 11.6 Å². The Kier molecular flexibility index (Phi) is 5.13. The van der Waals surface area contributed by atoms with Crippen LogP contribution >= 0.6 is 11.6 Å². The molecule has 8 heavy (non-hydrogen) atoms. The van der Waals surface area contributed by atoms with Crippen molar-refractivity contribution in [3.8, 4) is 0 Å². The van der Waals surface area contributed by atoms with Crippen LogP contribution in [0.4, 0.5) is 0 Å². The second-order valence-electron chi connectivity index (χ2n) is 1.45. The third-order valence-electron chi connectivity index (χ3n) is 0.687. The van der Waals surface area contributed by atoms with Crippen LogP contribution in [-0.2, 0) is 4.74 Å². The molecule has 0 atom stereocenters. The summed E-state index contributed by atoms with van der Waals surface area (Å²) >= 11 is 5.49. The van der Waals surface area contributed by atoms with Crippen LogP contribution in [0.2, 0.25) is 0 Å². The standard InChI is InChI=1S/C6H11ClO/c1-3-8-5-4-6(2)7/h4H,3,5H2,1-2H3/b6-4-. The van der Waals surface area contributed by atoms with Gasteiger partial charge in [0.1, 0.15) is 0 Å². The highest BCUT2D eigenvalue weighted by Gasteiger charge is 1.78. The fourth-order valence-electron chi connectivity index (χ4n) is 0.292. The zero-order valence-corrected chi connectivity index (χ0v) is 6.03. The van der Waals surface area contributed by atoms with Crippen LogP contribution < -0.4 is 0 Å². The van der Waals surface area contributed by atoms with Crippen molar-refractivity contribution in [3.63, 3.8) is 0 Å². The predicted molar refractivity (Wildman–Crippen MR) is 36.1 cm³/mol. The lowest BCUT2D eigenvalue weighted by atomic mass is 10.5. The molecule has 0 bridgehead atoms. The minimum atomic E-state index is 0.631. The first-order valence-electron chi connectivity index (χ1n) is 2.67. The topological polar surface area (TPSA) is 9.23 Å². The summed E-state index contributed by atoms with van der Waals surface area (Å²) in [4.78, 5) is 0. The number of ether oxygens (including phenoxy) is 1. The molecule has 0 unspecified atom stereocenters. The maximum atomic E-state index is 5.49. The molecule has 48 valence electrons. The van der Waals surface area contributed by atoms with Crippen LogP contribution in [0.1, 0.15) is 13.8 Å². The first kappa shape index (κ1) is 7.99. The molecule has 2 heteroatoms. The van der Waals surface area contributed by atoms with Gasteiger partial charge in [0.05, 0.1) is 6.61 Å². The molecule has 0 saturated heterocycles. The molecule has 1 nitrogen and oxygen atoms in total. The summed E-state index contributed by atoms with van der Waals surface area (Å²) in [6.07, 6.45) is 1.84. The molecular formula is C6H11ClO. The Morgan fingerprint density at radius 3 is 2.75 bits per heavy atom. The van der Waals surface area contributed by atoms with Crippen LogP contribution in [-0.4, -0.2) is 13.2 Å². The Morgan fingerprint density at radius 2 is 2.38 bits per heavy atom. The van der Waals surface area contributed by atoms with Crippen LogP contribution in [0.25, 0.3) is 0 Å². The van der Waals surface area contributed by atoms with E-state index in [9.17, 15) is 0 Å². The smallest absolute Gasteiger partial charge is 0.0661 e. The molecule has 0 aliphatic heterocycles. The molecule has 0 N–H and O–H groups in total. The molecule has 0 saturated carbocycles. The van der Waals surface area contributed by atoms with Crippen molar-refractivity contribution in [3.05, 3.63) is 11.1 Å². The van der Waals surface area contributed by atoms with E-state index in [4.69, 9.17) is 16.3 Å². The maximum Gasteiger partial charge on any atom is 0.0661 e. The summed E-state index contributed by atoms with van der Waals surface area (Å²) in [6, 6.07) is 0. The fraction of sp³-hybridized carbons (Fsp3) is 0.667. The maximum absolute atomic E-state index is 5.49. The molecule has 0 aliphatic carbocycles. The quantitative estimate of drug-likeness (QED) is 0.538. The van der Waals surface area contributed by atoms with Crippen molar-refractivity contribution in [2.45, 2.75) is 13.8 Å². The Bertz CT molecular complexity index is 74.6. The van der Waals surface area contributed by atoms with E-state index in [-0.39, 0.29) is 0 Å². The Morgan fingerprint density at radius 1 is 1.75 bits per heavy atom. The van der Waals surface area contributed by atoms with Crippen molar-refractivity contribution >= 4 is 11.6 Å². The molecule has 0 heterocycles. The van der Waals surface area contributed by atoms with Crippen molar-refractivity contribution in [2.24, 2.45) is 0 Å². The largest absolute Gasteiger partial charge is 0.378 e. The molecule has 0 fully saturated rings. The van der Waals surface area contributed by atoms with Gasteiger partial charge in [0, 0.05) is 11.6 Å². The van der Waals surface area contributed by atoms with E-state index in [1.165, 1.54) is 0 Å². The third-order valence-corrected chi connectivity index (χ3v) is 0.841. The normalized spacial score (nSPS) is 12.1. The Balaban J connectivity index is 3.03. The highest BCUT2D eigenvalue weighted by Crippen LogP contribution is 1.96. The highest BCUT2D eigenvalue weighted by atomic mass is 35.5. The van der Waals surface area contributed by atoms with Gasteiger partial charge in [0.2, 0.25) is 0 Å². The summed E-state index contributed by atoms with van der Waals surface area (Å²) in [5.41, 5.74) is 0. The number of hydrogen-bond donors (Lipinski definition) is 0. The number of rotatable bonds is 3. The van der Waals surface area contributed by atoms with Gasteiger partial charge in [0.25, 0.3) is 0 Å². The summed E-state index contributed by atoms with van der Waals surface area (Å²) in [5, 5.41) is 0.790. The zero-order chi connectivity index (χ0) is 6.41. The molecule has 0 radical (unpaired) electrons. The average Bonchev–Trinajstić information content (AvgIpc) is 1.66. The number of allylic oxidation sites excluding steroid dienone is 1. The van der Waals surface area contributed by atoms with Crippen molar-refractivity contribution in [2.75, 3.05) is 13.2 Å². The van der Waals surface area contributed by atoms with Crippen LogP contribution in [0.3, 0.4) is 0 Å². The van der Waals surface area contributed by atoms with E-state index in [2.05, 4.69) is 0 Å². The van der Waals surface area contributed by atoms with Gasteiger partial charge >= 0.3 is 0 Å². The first-order valence-corrected chi connectivity index (χ1v) is 3.05. The van der Waals surface area contributed by atoms with Crippen molar-refractivity contribution < 1.29 is 4.74 Å². The lowest BCUT2D eigenvalue weighted by molar-refractivity contribution is 0.177. The molecule has 0 aromatic carbocycles. The van der Waals surface area contributed by atoms with Gasteiger partial charge in [-0.3, -0.25) is 0 Å². The Labute approximate surface area is 55.3 Å². The van der Waals surface area contributed by atoms with E-state index in [0.717, 1.165) is 11.6 Å². The SMILES string of the molecule is CCOC/C=C(/C)Cl. The lowest BCUT2D eigenvalue weighted by Gasteiger charge is -1.91. The summed E-state index contributed by atoms with van der Waals surface area (Å²) in [7, 11) is 0. The van der Waals surface area contributed by atoms with E-state index in [0.29, 0.717) is 6.61 Å². The van der Waals surface area contributed by atoms with Gasteiger partial charge in [-0.2, -0.15) is 0 Å². The van der Waals surface area contributed by atoms with Gasteiger partial charge in [-0.25, -0.2) is 0 Å². The molecule has 0 aromatic rings. The van der Waals surface area contributed by atoms with Crippen LogP contribution in [0.5, 0.6) is 0 Å². The molecular weight excluding hydrogens is 124 g/mol. The van der Waals surface area contributed by atoms with Gasteiger partial charge in [-0.05, 0) is 19.9 Å². The third kappa shape index (κ3) is 5.99. The highest BCUT2D eigenvalue weighted by molar-refractivity contribution is 6.29. The summed E-state index contributed by atoms with van der Waals surface area (Å²) in [5.74, 6) is 0. The molecule has 0 aliphatic rings. The molecule has 0 amide bonds. The minimum absolute atomic E-state index is 0.631. The predicted octanol–water partition coefficient (Wildman–Crippen LogP) is 2.17. The number of hydrogen-bond acceptors (Lipinski definition) is 1. The van der Waals surface area contributed by atoms with E-state index in [1.54, 1.807) is 0 Å². The summed E-state index contributed by atoms with van der Waals surface area (Å²) < 4.78 is 4.98. The second-order valence-corrected chi connectivity index (χ2v) is 2.05. The molecule has 0 spiro atoms. The van der Waals surface area contributed by atoms with Crippen molar-refractivity contribution in [1.29, 1.82) is 0 Å². The molecule has 0 rings (SSSR count). The number of halogens is 1. The summed E-state index contributed by atoms with van der Waals surface area (Å²) in [6.45, 7) is 5.17. The zero-order valence-electron chi connectivity index (χ0n) is 5.28. The van der Waals surface area contributed by atoms with E-state index in [1.807, 2.05) is 19.9 Å². The van der Waals surface area contributed by atoms with E-state index >= 15 is 0 Å².